The Morgan fingerprint density at radius 2 is 2.00 bits per heavy atom. The van der Waals surface area contributed by atoms with Gasteiger partial charge in [-0.05, 0) is 12.1 Å². The molecule has 0 atom stereocenters. The minimum Gasteiger partial charge on any atom is -0.742 e. The van der Waals surface area contributed by atoms with Crippen LogP contribution in [0.25, 0.3) is 0 Å². The van der Waals surface area contributed by atoms with Gasteiger partial charge in [-0.25, -0.2) is 13.2 Å². The first-order valence-corrected chi connectivity index (χ1v) is 4.11. The summed E-state index contributed by atoms with van der Waals surface area (Å²) >= 11 is 0. The molecule has 1 rings (SSSR count). The van der Waals surface area contributed by atoms with Crippen LogP contribution in [0.15, 0.2) is 21.6 Å². The second-order valence-electron chi connectivity index (χ2n) is 1.88. The molecule has 1 aromatic heterocycles. The number of hydrogen-bond donors (Lipinski definition) is 1. The second-order valence-corrected chi connectivity index (χ2v) is 3.19. The average Bonchev–Trinajstić information content (AvgIpc) is 2.30. The van der Waals surface area contributed by atoms with E-state index in [1.54, 1.807) is 0 Å². The van der Waals surface area contributed by atoms with E-state index in [-0.39, 0.29) is 29.6 Å². The minimum absolute atomic E-state index is 0. The van der Waals surface area contributed by atoms with Gasteiger partial charge in [-0.3, -0.25) is 0 Å². The second kappa shape index (κ2) is 4.25. The van der Waals surface area contributed by atoms with Crippen LogP contribution in [-0.2, 0) is 10.1 Å². The third kappa shape index (κ3) is 3.12. The molecule has 8 heteroatoms. The van der Waals surface area contributed by atoms with Crippen LogP contribution in [0.1, 0.15) is 10.6 Å². The normalized spacial score (nSPS) is 10.5. The van der Waals surface area contributed by atoms with E-state index in [4.69, 9.17) is 5.11 Å². The van der Waals surface area contributed by atoms with Crippen LogP contribution in [-0.4, -0.2) is 24.0 Å². The van der Waals surface area contributed by atoms with E-state index in [0.29, 0.717) is 0 Å². The summed E-state index contributed by atoms with van der Waals surface area (Å²) in [7, 11) is -4.70. The number of carboxylic acid groups (broad SMARTS) is 1. The molecule has 13 heavy (non-hydrogen) atoms. The van der Waals surface area contributed by atoms with E-state index >= 15 is 0 Å². The summed E-state index contributed by atoms with van der Waals surface area (Å²) < 4.78 is 34.9. The summed E-state index contributed by atoms with van der Waals surface area (Å²) in [6, 6.07) is 1.69. The molecule has 0 spiro atoms. The molecular formula is C5H3NaO6S. The van der Waals surface area contributed by atoms with Gasteiger partial charge >= 0.3 is 35.5 Å². The number of carbonyl (C=O) groups is 1. The number of carboxylic acids is 1. The van der Waals surface area contributed by atoms with Crippen molar-refractivity contribution in [3.05, 3.63) is 17.9 Å². The van der Waals surface area contributed by atoms with Crippen molar-refractivity contribution in [2.45, 2.75) is 5.09 Å². The van der Waals surface area contributed by atoms with E-state index in [0.717, 1.165) is 12.1 Å². The zero-order valence-electron chi connectivity index (χ0n) is 6.55. The van der Waals surface area contributed by atoms with Crippen molar-refractivity contribution < 1.29 is 56.8 Å². The van der Waals surface area contributed by atoms with Crippen LogP contribution in [0.3, 0.4) is 0 Å². The van der Waals surface area contributed by atoms with Crippen LogP contribution in [0.5, 0.6) is 0 Å². The largest absolute Gasteiger partial charge is 1.00 e. The number of furan rings is 1. The van der Waals surface area contributed by atoms with Crippen LogP contribution < -0.4 is 29.6 Å². The summed E-state index contributed by atoms with van der Waals surface area (Å²) in [4.78, 5) is 10.2. The number of rotatable bonds is 2. The summed E-state index contributed by atoms with van der Waals surface area (Å²) in [5.41, 5.74) is 0. The first-order chi connectivity index (χ1) is 5.41. The third-order valence-corrected chi connectivity index (χ3v) is 1.75. The van der Waals surface area contributed by atoms with Gasteiger partial charge in [-0.15, -0.1) is 0 Å². The Morgan fingerprint density at radius 3 is 2.23 bits per heavy atom. The van der Waals surface area contributed by atoms with E-state index in [9.17, 15) is 17.8 Å². The quantitative estimate of drug-likeness (QED) is 0.412. The zero-order chi connectivity index (χ0) is 9.35. The van der Waals surface area contributed by atoms with Crippen molar-refractivity contribution in [1.82, 2.24) is 0 Å². The molecule has 0 radical (unpaired) electrons. The van der Waals surface area contributed by atoms with Crippen molar-refractivity contribution in [3.8, 4) is 0 Å². The summed E-state index contributed by atoms with van der Waals surface area (Å²) in [5.74, 6) is -2.01. The average molecular weight is 214 g/mol. The van der Waals surface area contributed by atoms with Gasteiger partial charge in [0, 0.05) is 0 Å². The molecule has 6 nitrogen and oxygen atoms in total. The molecule has 0 aromatic carbocycles. The van der Waals surface area contributed by atoms with Crippen molar-refractivity contribution in [3.63, 3.8) is 0 Å². The van der Waals surface area contributed by atoms with Gasteiger partial charge in [0.2, 0.25) is 10.9 Å². The van der Waals surface area contributed by atoms with Gasteiger partial charge in [0.05, 0.1) is 0 Å². The van der Waals surface area contributed by atoms with E-state index in [1.807, 2.05) is 0 Å². The molecule has 1 heterocycles. The maximum atomic E-state index is 10.2. The number of hydrogen-bond acceptors (Lipinski definition) is 5. The Morgan fingerprint density at radius 1 is 1.46 bits per heavy atom. The third-order valence-electron chi connectivity index (χ3n) is 1.04. The van der Waals surface area contributed by atoms with Crippen molar-refractivity contribution in [1.29, 1.82) is 0 Å². The fraction of sp³-hybridized carbons (Fsp3) is 0. The Labute approximate surface area is 95.6 Å². The van der Waals surface area contributed by atoms with Crippen molar-refractivity contribution in [2.75, 3.05) is 0 Å². The van der Waals surface area contributed by atoms with Gasteiger partial charge in [-0.1, -0.05) is 0 Å². The standard InChI is InChI=1S/C5H4O6S.Na/c6-5(7)3-1-2-4(11-3)12(8,9)10;/h1-2H,(H,6,7)(H,8,9,10);/q;+1/p-1. The van der Waals surface area contributed by atoms with Crippen LogP contribution in [0.2, 0.25) is 0 Å². The fourth-order valence-electron chi connectivity index (χ4n) is 0.569. The summed E-state index contributed by atoms with van der Waals surface area (Å²) in [5, 5.41) is 7.38. The van der Waals surface area contributed by atoms with Crippen LogP contribution in [0, 0.1) is 0 Å². The van der Waals surface area contributed by atoms with E-state index in [1.165, 1.54) is 0 Å². The molecule has 0 saturated heterocycles. The Kier molecular flexibility index (Phi) is 4.14. The topological polar surface area (TPSA) is 108 Å². The smallest absolute Gasteiger partial charge is 0.742 e. The zero-order valence-corrected chi connectivity index (χ0v) is 9.37. The van der Waals surface area contributed by atoms with Gasteiger partial charge in [0.25, 0.3) is 0 Å². The van der Waals surface area contributed by atoms with Gasteiger partial charge in [0.15, 0.2) is 10.1 Å². The predicted molar refractivity (Wildman–Crippen MR) is 33.6 cm³/mol. The van der Waals surface area contributed by atoms with Gasteiger partial charge in [0.1, 0.15) is 0 Å². The van der Waals surface area contributed by atoms with Gasteiger partial charge in [-0.2, -0.15) is 0 Å². The van der Waals surface area contributed by atoms with Crippen molar-refractivity contribution >= 4 is 16.1 Å². The maximum absolute atomic E-state index is 10.2. The Balaban J connectivity index is 0.00000144. The SMILES string of the molecule is O=C(O)c1ccc(S(=O)(=O)[O-])o1.[Na+]. The minimum atomic E-state index is -4.70. The molecule has 0 aliphatic rings. The van der Waals surface area contributed by atoms with Crippen molar-refractivity contribution in [2.24, 2.45) is 0 Å². The molecule has 0 aliphatic carbocycles. The molecular weight excluding hydrogens is 211 g/mol. The molecule has 0 bridgehead atoms. The monoisotopic (exact) mass is 214 g/mol. The predicted octanol–water partition coefficient (Wildman–Crippen LogP) is -3.11. The molecule has 1 aromatic rings. The fourth-order valence-corrected chi connectivity index (χ4v) is 0.996. The van der Waals surface area contributed by atoms with Crippen LogP contribution in [0.4, 0.5) is 0 Å². The molecule has 0 aliphatic heterocycles. The van der Waals surface area contributed by atoms with E-state index < -0.39 is 26.9 Å². The Hall–Kier alpha value is -0.340. The molecule has 0 amide bonds. The number of aromatic carboxylic acids is 1. The first-order valence-electron chi connectivity index (χ1n) is 2.70. The summed E-state index contributed by atoms with van der Waals surface area (Å²) in [6.07, 6.45) is 0. The summed E-state index contributed by atoms with van der Waals surface area (Å²) in [6.45, 7) is 0. The van der Waals surface area contributed by atoms with Gasteiger partial charge < -0.3 is 14.1 Å². The Bertz CT molecular complexity index is 404. The van der Waals surface area contributed by atoms with Crippen LogP contribution >= 0.6 is 0 Å². The molecule has 0 fully saturated rings. The maximum Gasteiger partial charge on any atom is 1.00 e. The van der Waals surface area contributed by atoms with E-state index in [2.05, 4.69) is 4.42 Å². The molecule has 0 unspecified atom stereocenters. The molecule has 66 valence electrons. The molecule has 1 N–H and O–H groups in total. The first kappa shape index (κ1) is 12.7. The molecule has 0 saturated carbocycles.